The first-order valence-electron chi connectivity index (χ1n) is 5.75. The molecule has 0 radical (unpaired) electrons. The molecule has 0 aliphatic carbocycles. The van der Waals surface area contributed by atoms with Crippen LogP contribution < -0.4 is 5.56 Å². The number of ether oxygens (including phenoxy) is 1. The van der Waals surface area contributed by atoms with Gasteiger partial charge in [-0.15, -0.1) is 0 Å². The average molecular weight is 340 g/mol. The number of carbonyl (C=O) groups excluding carboxylic acids is 1. The van der Waals surface area contributed by atoms with E-state index in [0.717, 1.165) is 0 Å². The lowest BCUT2D eigenvalue weighted by atomic mass is 10.2. The highest BCUT2D eigenvalue weighted by molar-refractivity contribution is 9.10. The molecule has 0 spiro atoms. The minimum Gasteiger partial charge on any atom is -0.457 e. The van der Waals surface area contributed by atoms with Crippen molar-refractivity contribution in [3.05, 3.63) is 68.3 Å². The molecule has 1 heterocycles. The van der Waals surface area contributed by atoms with Crippen molar-refractivity contribution in [1.29, 1.82) is 0 Å². The molecule has 6 heteroatoms. The highest BCUT2D eigenvalue weighted by Gasteiger charge is 2.10. The smallest absolute Gasteiger partial charge is 0.338 e. The van der Waals surface area contributed by atoms with Crippen LogP contribution in [0.5, 0.6) is 0 Å². The van der Waals surface area contributed by atoms with Crippen LogP contribution in [0.15, 0.2) is 45.8 Å². The van der Waals surface area contributed by atoms with Gasteiger partial charge in [-0.2, -0.15) is 0 Å². The lowest BCUT2D eigenvalue weighted by molar-refractivity contribution is 0.0471. The number of carbonyl (C=O) groups is 1. The van der Waals surface area contributed by atoms with Gasteiger partial charge in [-0.25, -0.2) is 9.18 Å². The number of esters is 1. The molecular formula is C14H11BrFNO3. The van der Waals surface area contributed by atoms with E-state index in [1.165, 1.54) is 41.1 Å². The number of aromatic nitrogens is 1. The molecule has 20 heavy (non-hydrogen) atoms. The van der Waals surface area contributed by atoms with Crippen LogP contribution in [0.2, 0.25) is 0 Å². The lowest BCUT2D eigenvalue weighted by Crippen LogP contribution is -2.17. The van der Waals surface area contributed by atoms with Gasteiger partial charge in [-0.1, -0.05) is 22.0 Å². The maximum Gasteiger partial charge on any atom is 0.338 e. The van der Waals surface area contributed by atoms with Crippen molar-refractivity contribution in [2.75, 3.05) is 0 Å². The Hall–Kier alpha value is -1.95. The van der Waals surface area contributed by atoms with Crippen molar-refractivity contribution in [3.63, 3.8) is 0 Å². The van der Waals surface area contributed by atoms with E-state index in [1.54, 1.807) is 7.05 Å². The Labute approximate surface area is 122 Å². The second-order valence-electron chi connectivity index (χ2n) is 4.18. The van der Waals surface area contributed by atoms with Gasteiger partial charge in [0.15, 0.2) is 0 Å². The monoisotopic (exact) mass is 339 g/mol. The van der Waals surface area contributed by atoms with Crippen molar-refractivity contribution >= 4 is 21.9 Å². The number of benzene rings is 1. The van der Waals surface area contributed by atoms with E-state index in [0.29, 0.717) is 10.0 Å². The summed E-state index contributed by atoms with van der Waals surface area (Å²) in [5, 5.41) is 0. The standard InChI is InChI=1S/C14H11BrFNO3/c1-17-5-4-9(6-13(17)18)14(19)20-8-10-2-3-11(16)7-12(10)15/h2-7H,8H2,1H3. The largest absolute Gasteiger partial charge is 0.457 e. The minimum absolute atomic E-state index is 0.00505. The molecule has 2 aromatic rings. The maximum absolute atomic E-state index is 12.9. The van der Waals surface area contributed by atoms with Gasteiger partial charge in [0.2, 0.25) is 0 Å². The van der Waals surface area contributed by atoms with Gasteiger partial charge in [0.05, 0.1) is 5.56 Å². The van der Waals surface area contributed by atoms with Crippen LogP contribution in [-0.2, 0) is 18.4 Å². The van der Waals surface area contributed by atoms with Crippen LogP contribution in [-0.4, -0.2) is 10.5 Å². The average Bonchev–Trinajstić information content (AvgIpc) is 2.40. The van der Waals surface area contributed by atoms with Crippen molar-refractivity contribution in [3.8, 4) is 0 Å². The van der Waals surface area contributed by atoms with E-state index in [9.17, 15) is 14.0 Å². The van der Waals surface area contributed by atoms with Gasteiger partial charge in [-0.3, -0.25) is 4.79 Å². The molecule has 0 bridgehead atoms. The summed E-state index contributed by atoms with van der Waals surface area (Å²) in [5.74, 6) is -0.975. The summed E-state index contributed by atoms with van der Waals surface area (Å²) in [4.78, 5) is 23.2. The van der Waals surface area contributed by atoms with E-state index in [1.807, 2.05) is 0 Å². The third-order valence-corrected chi connectivity index (χ3v) is 3.45. The molecule has 0 N–H and O–H groups in total. The summed E-state index contributed by atoms with van der Waals surface area (Å²) >= 11 is 3.19. The SMILES string of the molecule is Cn1ccc(C(=O)OCc2ccc(F)cc2Br)cc1=O. The molecular weight excluding hydrogens is 329 g/mol. The predicted octanol–water partition coefficient (Wildman–Crippen LogP) is 2.64. The fourth-order valence-electron chi connectivity index (χ4n) is 1.54. The number of aryl methyl sites for hydroxylation is 1. The molecule has 0 fully saturated rings. The zero-order valence-corrected chi connectivity index (χ0v) is 12.2. The van der Waals surface area contributed by atoms with Crippen LogP contribution in [0.3, 0.4) is 0 Å². The van der Waals surface area contributed by atoms with Crippen LogP contribution >= 0.6 is 15.9 Å². The minimum atomic E-state index is -0.598. The fourth-order valence-corrected chi connectivity index (χ4v) is 2.01. The summed E-state index contributed by atoms with van der Waals surface area (Å²) in [7, 11) is 1.59. The molecule has 0 aliphatic heterocycles. The van der Waals surface area contributed by atoms with Crippen LogP contribution in [0.25, 0.3) is 0 Å². The number of hydrogen-bond donors (Lipinski definition) is 0. The van der Waals surface area contributed by atoms with Gasteiger partial charge in [-0.05, 0) is 18.2 Å². The molecule has 0 amide bonds. The van der Waals surface area contributed by atoms with Gasteiger partial charge < -0.3 is 9.30 Å². The number of nitrogens with zero attached hydrogens (tertiary/aromatic N) is 1. The van der Waals surface area contributed by atoms with Crippen molar-refractivity contribution in [1.82, 2.24) is 4.57 Å². The maximum atomic E-state index is 12.9. The molecule has 0 atom stereocenters. The summed E-state index contributed by atoms with van der Waals surface area (Å²) in [6, 6.07) is 6.82. The first-order valence-corrected chi connectivity index (χ1v) is 6.54. The normalized spacial score (nSPS) is 10.3. The molecule has 2 rings (SSSR count). The Balaban J connectivity index is 2.08. The Bertz CT molecular complexity index is 712. The topological polar surface area (TPSA) is 48.3 Å². The molecule has 0 aliphatic rings. The first kappa shape index (κ1) is 14.5. The van der Waals surface area contributed by atoms with Crippen LogP contribution in [0.1, 0.15) is 15.9 Å². The van der Waals surface area contributed by atoms with E-state index in [2.05, 4.69) is 15.9 Å². The van der Waals surface area contributed by atoms with Gasteiger partial charge in [0.25, 0.3) is 5.56 Å². The third-order valence-electron chi connectivity index (χ3n) is 2.71. The van der Waals surface area contributed by atoms with Gasteiger partial charge in [0.1, 0.15) is 12.4 Å². The molecule has 4 nitrogen and oxygen atoms in total. The van der Waals surface area contributed by atoms with Gasteiger partial charge in [0, 0.05) is 29.3 Å². The quantitative estimate of drug-likeness (QED) is 0.807. The van der Waals surface area contributed by atoms with Gasteiger partial charge >= 0.3 is 5.97 Å². The number of hydrogen-bond acceptors (Lipinski definition) is 3. The van der Waals surface area contributed by atoms with E-state index in [-0.39, 0.29) is 23.5 Å². The zero-order valence-electron chi connectivity index (χ0n) is 10.6. The number of pyridine rings is 1. The summed E-state index contributed by atoms with van der Waals surface area (Å²) in [6.07, 6.45) is 1.49. The van der Waals surface area contributed by atoms with E-state index in [4.69, 9.17) is 4.74 Å². The highest BCUT2D eigenvalue weighted by Crippen LogP contribution is 2.19. The Kier molecular flexibility index (Phi) is 4.34. The molecule has 1 aromatic carbocycles. The Morgan fingerprint density at radius 3 is 2.75 bits per heavy atom. The Morgan fingerprint density at radius 2 is 2.10 bits per heavy atom. The molecule has 0 saturated heterocycles. The van der Waals surface area contributed by atoms with Crippen LogP contribution in [0.4, 0.5) is 4.39 Å². The lowest BCUT2D eigenvalue weighted by Gasteiger charge is -2.07. The molecule has 0 saturated carbocycles. The third kappa shape index (κ3) is 3.33. The van der Waals surface area contributed by atoms with Crippen molar-refractivity contribution < 1.29 is 13.9 Å². The van der Waals surface area contributed by atoms with Crippen LogP contribution in [0, 0.1) is 5.82 Å². The van der Waals surface area contributed by atoms with Crippen molar-refractivity contribution in [2.24, 2.45) is 7.05 Å². The van der Waals surface area contributed by atoms with Crippen molar-refractivity contribution in [2.45, 2.75) is 6.61 Å². The summed E-state index contributed by atoms with van der Waals surface area (Å²) in [5.41, 5.74) is 0.539. The Morgan fingerprint density at radius 1 is 1.35 bits per heavy atom. The molecule has 0 unspecified atom stereocenters. The number of halogens is 2. The molecule has 1 aromatic heterocycles. The highest BCUT2D eigenvalue weighted by atomic mass is 79.9. The second-order valence-corrected chi connectivity index (χ2v) is 5.03. The second kappa shape index (κ2) is 6.00. The summed E-state index contributed by atoms with van der Waals surface area (Å²) in [6.45, 7) is -0.00505. The van der Waals surface area contributed by atoms with E-state index < -0.39 is 5.97 Å². The zero-order chi connectivity index (χ0) is 14.7. The first-order chi connectivity index (χ1) is 9.47. The number of rotatable bonds is 3. The van der Waals surface area contributed by atoms with E-state index >= 15 is 0 Å². The molecule has 104 valence electrons. The fraction of sp³-hybridized carbons (Fsp3) is 0.143. The predicted molar refractivity (Wildman–Crippen MR) is 74.9 cm³/mol. The summed E-state index contributed by atoms with van der Waals surface area (Å²) < 4.78 is 19.9.